The van der Waals surface area contributed by atoms with Gasteiger partial charge >= 0.3 is 11.9 Å². The van der Waals surface area contributed by atoms with Gasteiger partial charge in [-0.3, -0.25) is 4.79 Å². The van der Waals surface area contributed by atoms with Gasteiger partial charge in [-0.15, -0.1) is 0 Å². The summed E-state index contributed by atoms with van der Waals surface area (Å²) in [5.41, 5.74) is 1.72. The normalized spacial score (nSPS) is 19.6. The van der Waals surface area contributed by atoms with Crippen LogP contribution < -0.4 is 0 Å². The van der Waals surface area contributed by atoms with Gasteiger partial charge in [0.05, 0.1) is 18.7 Å². The number of nitrogens with zero attached hydrogens (tertiary/aromatic N) is 1. The number of ether oxygens (including phenoxy) is 2. The second kappa shape index (κ2) is 8.01. The zero-order valence-corrected chi connectivity index (χ0v) is 14.7. The largest absolute Gasteiger partial charge is 0.479 e. The Morgan fingerprint density at radius 3 is 2.59 bits per heavy atom. The number of benzene rings is 2. The Hall–Kier alpha value is -3.19. The number of amides is 1. The summed E-state index contributed by atoms with van der Waals surface area (Å²) in [5, 5.41) is 9.56. The Labute approximate surface area is 156 Å². The molecule has 1 aliphatic heterocycles. The molecule has 0 bridgehead atoms. The molecule has 2 aromatic rings. The van der Waals surface area contributed by atoms with E-state index in [9.17, 15) is 19.5 Å². The van der Waals surface area contributed by atoms with Gasteiger partial charge in [-0.1, -0.05) is 42.5 Å². The van der Waals surface area contributed by atoms with Gasteiger partial charge in [-0.2, -0.15) is 0 Å². The first kappa shape index (κ1) is 18.6. The molecule has 0 aliphatic carbocycles. The van der Waals surface area contributed by atoms with Crippen molar-refractivity contribution in [2.24, 2.45) is 0 Å². The van der Waals surface area contributed by atoms with Crippen molar-refractivity contribution >= 4 is 17.8 Å². The first-order chi connectivity index (χ1) is 13.0. The molecule has 3 rings (SSSR count). The van der Waals surface area contributed by atoms with Crippen molar-refractivity contribution in [2.75, 3.05) is 13.7 Å². The van der Waals surface area contributed by atoms with Crippen LogP contribution in [0.5, 0.6) is 0 Å². The van der Waals surface area contributed by atoms with E-state index in [-0.39, 0.29) is 19.1 Å². The van der Waals surface area contributed by atoms with E-state index in [0.29, 0.717) is 16.7 Å². The molecule has 0 spiro atoms. The molecule has 1 fully saturated rings. The van der Waals surface area contributed by atoms with E-state index in [1.165, 1.54) is 12.0 Å². The zero-order valence-electron chi connectivity index (χ0n) is 14.7. The fourth-order valence-electron chi connectivity index (χ4n) is 3.16. The van der Waals surface area contributed by atoms with Gasteiger partial charge in [-0.25, -0.2) is 9.59 Å². The van der Waals surface area contributed by atoms with E-state index in [1.807, 2.05) is 6.07 Å². The third kappa shape index (κ3) is 3.98. The highest BCUT2D eigenvalue weighted by atomic mass is 16.5. The van der Waals surface area contributed by atoms with Crippen LogP contribution in [0, 0.1) is 0 Å². The van der Waals surface area contributed by atoms with Crippen molar-refractivity contribution in [1.82, 2.24) is 4.90 Å². The van der Waals surface area contributed by atoms with Gasteiger partial charge in [0.15, 0.2) is 6.10 Å². The SMILES string of the molecule is COC(=O)c1cccc(CN2C(=O)CO[C@@H](C(=O)O)[C@H]2c2ccccc2)c1. The van der Waals surface area contributed by atoms with Crippen molar-refractivity contribution in [2.45, 2.75) is 18.7 Å². The standard InChI is InChI=1S/C20H19NO6/c1-26-20(25)15-9-5-6-13(10-15)11-21-16(22)12-27-18(19(23)24)17(21)14-7-3-2-4-8-14/h2-10,17-18H,11-12H2,1H3,(H,23,24)/t17-,18-/m1/s1. The Kier molecular flexibility index (Phi) is 5.52. The van der Waals surface area contributed by atoms with Crippen LogP contribution in [0.1, 0.15) is 27.5 Å². The quantitative estimate of drug-likeness (QED) is 0.811. The molecule has 140 valence electrons. The highest BCUT2D eigenvalue weighted by molar-refractivity contribution is 5.89. The zero-order chi connectivity index (χ0) is 19.4. The van der Waals surface area contributed by atoms with Gasteiger partial charge < -0.3 is 19.5 Å². The van der Waals surface area contributed by atoms with Gasteiger partial charge in [0, 0.05) is 6.54 Å². The summed E-state index contributed by atoms with van der Waals surface area (Å²) in [6.07, 6.45) is -1.17. The minimum atomic E-state index is -1.17. The molecule has 2 aromatic carbocycles. The average molecular weight is 369 g/mol. The molecule has 1 saturated heterocycles. The summed E-state index contributed by atoms with van der Waals surface area (Å²) in [7, 11) is 1.30. The van der Waals surface area contributed by atoms with Gasteiger partial charge in [0.1, 0.15) is 6.61 Å². The lowest BCUT2D eigenvalue weighted by atomic mass is 9.97. The molecule has 1 aliphatic rings. The van der Waals surface area contributed by atoms with E-state index in [4.69, 9.17) is 9.47 Å². The number of aliphatic carboxylic acids is 1. The van der Waals surface area contributed by atoms with E-state index < -0.39 is 24.1 Å². The minimum Gasteiger partial charge on any atom is -0.479 e. The van der Waals surface area contributed by atoms with Gasteiger partial charge in [0.2, 0.25) is 5.91 Å². The van der Waals surface area contributed by atoms with Crippen LogP contribution in [0.4, 0.5) is 0 Å². The minimum absolute atomic E-state index is 0.149. The van der Waals surface area contributed by atoms with E-state index >= 15 is 0 Å². The Morgan fingerprint density at radius 1 is 1.19 bits per heavy atom. The lowest BCUT2D eigenvalue weighted by molar-refractivity contribution is -0.174. The topological polar surface area (TPSA) is 93.1 Å². The summed E-state index contributed by atoms with van der Waals surface area (Å²) in [6, 6.07) is 14.8. The number of carbonyl (C=O) groups excluding carboxylic acids is 2. The number of methoxy groups -OCH3 is 1. The number of morpholine rings is 1. The van der Waals surface area contributed by atoms with Crippen LogP contribution in [-0.2, 0) is 25.6 Å². The lowest BCUT2D eigenvalue weighted by Crippen LogP contribution is -2.51. The average Bonchev–Trinajstić information content (AvgIpc) is 2.69. The highest BCUT2D eigenvalue weighted by Crippen LogP contribution is 2.32. The molecule has 7 heteroatoms. The van der Waals surface area contributed by atoms with Crippen LogP contribution >= 0.6 is 0 Å². The maximum absolute atomic E-state index is 12.5. The Balaban J connectivity index is 1.96. The van der Waals surface area contributed by atoms with E-state index in [1.54, 1.807) is 48.5 Å². The van der Waals surface area contributed by atoms with Crippen molar-refractivity contribution in [3.63, 3.8) is 0 Å². The molecular formula is C20H19NO6. The smallest absolute Gasteiger partial charge is 0.337 e. The van der Waals surface area contributed by atoms with Crippen molar-refractivity contribution < 1.29 is 29.0 Å². The third-order valence-corrected chi connectivity index (χ3v) is 4.41. The molecule has 7 nitrogen and oxygen atoms in total. The molecule has 0 unspecified atom stereocenters. The second-order valence-corrected chi connectivity index (χ2v) is 6.14. The molecule has 0 radical (unpaired) electrons. The van der Waals surface area contributed by atoms with E-state index in [0.717, 1.165) is 0 Å². The number of hydrogen-bond acceptors (Lipinski definition) is 5. The molecule has 27 heavy (non-hydrogen) atoms. The fourth-order valence-corrected chi connectivity index (χ4v) is 3.16. The van der Waals surface area contributed by atoms with Crippen LogP contribution in [0.2, 0.25) is 0 Å². The first-order valence-electron chi connectivity index (χ1n) is 8.37. The number of carboxylic acids is 1. The van der Waals surface area contributed by atoms with Gasteiger partial charge in [-0.05, 0) is 23.3 Å². The van der Waals surface area contributed by atoms with Crippen molar-refractivity contribution in [3.05, 3.63) is 71.3 Å². The molecule has 0 aromatic heterocycles. The molecule has 1 amide bonds. The predicted molar refractivity (Wildman–Crippen MR) is 94.9 cm³/mol. The number of rotatable bonds is 5. The van der Waals surface area contributed by atoms with Crippen LogP contribution in [0.3, 0.4) is 0 Å². The first-order valence-corrected chi connectivity index (χ1v) is 8.37. The molecule has 2 atom stereocenters. The summed E-state index contributed by atoms with van der Waals surface area (Å²) in [4.78, 5) is 37.5. The predicted octanol–water partition coefficient (Wildman–Crippen LogP) is 2.03. The van der Waals surface area contributed by atoms with Crippen LogP contribution in [0.15, 0.2) is 54.6 Å². The van der Waals surface area contributed by atoms with Crippen molar-refractivity contribution in [3.8, 4) is 0 Å². The highest BCUT2D eigenvalue weighted by Gasteiger charge is 2.41. The summed E-state index contributed by atoms with van der Waals surface area (Å²) < 4.78 is 10.0. The molecule has 0 saturated carbocycles. The molecular weight excluding hydrogens is 350 g/mol. The Bertz CT molecular complexity index is 851. The number of esters is 1. The molecule has 1 heterocycles. The second-order valence-electron chi connectivity index (χ2n) is 6.14. The monoisotopic (exact) mass is 369 g/mol. The summed E-state index contributed by atoms with van der Waals surface area (Å²) >= 11 is 0. The number of carbonyl (C=O) groups is 3. The summed E-state index contributed by atoms with van der Waals surface area (Å²) in [5.74, 6) is -1.93. The lowest BCUT2D eigenvalue weighted by Gasteiger charge is -2.39. The molecule has 1 N–H and O–H groups in total. The number of carboxylic acid groups (broad SMARTS) is 1. The van der Waals surface area contributed by atoms with Crippen molar-refractivity contribution in [1.29, 1.82) is 0 Å². The van der Waals surface area contributed by atoms with E-state index in [2.05, 4.69) is 0 Å². The Morgan fingerprint density at radius 2 is 1.93 bits per heavy atom. The number of hydrogen-bond donors (Lipinski definition) is 1. The summed E-state index contributed by atoms with van der Waals surface area (Å²) in [6.45, 7) is -0.159. The van der Waals surface area contributed by atoms with Gasteiger partial charge in [0.25, 0.3) is 0 Å². The third-order valence-electron chi connectivity index (χ3n) is 4.41. The fraction of sp³-hybridized carbons (Fsp3) is 0.250. The van der Waals surface area contributed by atoms with Crippen LogP contribution in [-0.4, -0.2) is 47.7 Å². The van der Waals surface area contributed by atoms with Crippen LogP contribution in [0.25, 0.3) is 0 Å². The maximum atomic E-state index is 12.5. The maximum Gasteiger partial charge on any atom is 0.337 e.